The Balaban J connectivity index is 2.09. The van der Waals surface area contributed by atoms with Crippen LogP contribution in [-0.4, -0.2) is 43.7 Å². The molecule has 3 heteroatoms. The Kier molecular flexibility index (Phi) is 5.45. The van der Waals surface area contributed by atoms with Crippen LogP contribution in [0.15, 0.2) is 0 Å². The third-order valence-electron chi connectivity index (χ3n) is 2.85. The number of rotatable bonds is 5. The fourth-order valence-electron chi connectivity index (χ4n) is 1.95. The Hall–Kier alpha value is -0.120. The zero-order valence-electron chi connectivity index (χ0n) is 9.63. The summed E-state index contributed by atoms with van der Waals surface area (Å²) in [6, 6.07) is 0.742. The highest BCUT2D eigenvalue weighted by Gasteiger charge is 2.17. The molecule has 0 aromatic rings. The van der Waals surface area contributed by atoms with Gasteiger partial charge in [-0.2, -0.15) is 0 Å². The number of nitrogens with one attached hydrogen (secondary N) is 1. The van der Waals surface area contributed by atoms with Crippen molar-refractivity contribution in [1.82, 2.24) is 10.2 Å². The van der Waals surface area contributed by atoms with Gasteiger partial charge in [0.15, 0.2) is 0 Å². The summed E-state index contributed by atoms with van der Waals surface area (Å²) >= 11 is 0. The van der Waals surface area contributed by atoms with E-state index in [1.54, 1.807) is 0 Å². The van der Waals surface area contributed by atoms with Crippen LogP contribution in [0.1, 0.15) is 26.7 Å². The maximum absolute atomic E-state index is 5.54. The Bertz CT molecular complexity index is 139. The van der Waals surface area contributed by atoms with Crippen LogP contribution in [0.5, 0.6) is 0 Å². The molecule has 1 fully saturated rings. The lowest BCUT2D eigenvalue weighted by Gasteiger charge is -2.32. The zero-order valence-corrected chi connectivity index (χ0v) is 9.63. The highest BCUT2D eigenvalue weighted by molar-refractivity contribution is 4.77. The van der Waals surface area contributed by atoms with Gasteiger partial charge in [-0.3, -0.25) is 0 Å². The van der Waals surface area contributed by atoms with Crippen LogP contribution >= 0.6 is 0 Å². The summed E-state index contributed by atoms with van der Waals surface area (Å²) in [5, 5.41) is 3.63. The monoisotopic (exact) mass is 199 g/mol. The Morgan fingerprint density at radius 1 is 1.36 bits per heavy atom. The molecule has 0 bridgehead atoms. The Morgan fingerprint density at radius 3 is 2.50 bits per heavy atom. The van der Waals surface area contributed by atoms with Gasteiger partial charge < -0.3 is 16.0 Å². The quantitative estimate of drug-likeness (QED) is 0.683. The molecule has 3 nitrogen and oxygen atoms in total. The molecule has 0 spiro atoms. The van der Waals surface area contributed by atoms with Crippen molar-refractivity contribution in [1.29, 1.82) is 0 Å². The van der Waals surface area contributed by atoms with Gasteiger partial charge in [0.1, 0.15) is 0 Å². The fraction of sp³-hybridized carbons (Fsp3) is 1.00. The first-order valence-corrected chi connectivity index (χ1v) is 5.88. The van der Waals surface area contributed by atoms with E-state index in [9.17, 15) is 0 Å². The number of nitrogens with two attached hydrogens (primary N) is 1. The van der Waals surface area contributed by atoms with E-state index >= 15 is 0 Å². The maximum atomic E-state index is 5.54. The van der Waals surface area contributed by atoms with Gasteiger partial charge in [0.2, 0.25) is 0 Å². The van der Waals surface area contributed by atoms with Crippen molar-refractivity contribution in [3.63, 3.8) is 0 Å². The molecule has 84 valence electrons. The van der Waals surface area contributed by atoms with Crippen molar-refractivity contribution in [3.05, 3.63) is 0 Å². The van der Waals surface area contributed by atoms with Crippen molar-refractivity contribution in [2.24, 2.45) is 11.7 Å². The van der Waals surface area contributed by atoms with Gasteiger partial charge in [-0.15, -0.1) is 0 Å². The number of likely N-dealkylation sites (tertiary alicyclic amines) is 1. The summed E-state index contributed by atoms with van der Waals surface area (Å²) < 4.78 is 0. The third-order valence-corrected chi connectivity index (χ3v) is 2.85. The van der Waals surface area contributed by atoms with E-state index in [0.717, 1.165) is 31.6 Å². The predicted octanol–water partition coefficient (Wildman–Crippen LogP) is 0.655. The van der Waals surface area contributed by atoms with Gasteiger partial charge in [0.25, 0.3) is 0 Å². The summed E-state index contributed by atoms with van der Waals surface area (Å²) in [6.07, 6.45) is 2.57. The first-order chi connectivity index (χ1) is 6.72. The molecule has 0 amide bonds. The van der Waals surface area contributed by atoms with Crippen LogP contribution in [0, 0.1) is 5.92 Å². The topological polar surface area (TPSA) is 41.3 Å². The van der Waals surface area contributed by atoms with Crippen LogP contribution in [0.25, 0.3) is 0 Å². The summed E-state index contributed by atoms with van der Waals surface area (Å²) in [5.41, 5.74) is 5.54. The number of piperidine rings is 1. The summed E-state index contributed by atoms with van der Waals surface area (Å²) in [7, 11) is 0. The molecule has 1 rings (SSSR count). The highest BCUT2D eigenvalue weighted by Crippen LogP contribution is 2.09. The molecule has 0 aromatic heterocycles. The fourth-order valence-corrected chi connectivity index (χ4v) is 1.95. The van der Waals surface area contributed by atoms with Crippen LogP contribution < -0.4 is 11.1 Å². The van der Waals surface area contributed by atoms with Gasteiger partial charge in [-0.1, -0.05) is 13.8 Å². The average molecular weight is 199 g/mol. The zero-order chi connectivity index (χ0) is 10.4. The first kappa shape index (κ1) is 12.0. The van der Waals surface area contributed by atoms with E-state index in [4.69, 9.17) is 5.73 Å². The molecule has 1 saturated heterocycles. The standard InChI is InChI=1S/C11H25N3/c1-10(2)9-13-11-3-6-14(7-4-11)8-5-12/h10-11,13H,3-9,12H2,1-2H3. The van der Waals surface area contributed by atoms with E-state index in [1.807, 2.05) is 0 Å². The lowest BCUT2D eigenvalue weighted by atomic mass is 10.0. The van der Waals surface area contributed by atoms with E-state index in [-0.39, 0.29) is 0 Å². The minimum Gasteiger partial charge on any atom is -0.329 e. The van der Waals surface area contributed by atoms with Crippen LogP contribution in [0.3, 0.4) is 0 Å². The average Bonchev–Trinajstić information content (AvgIpc) is 2.17. The summed E-state index contributed by atoms with van der Waals surface area (Å²) in [5.74, 6) is 0.761. The first-order valence-electron chi connectivity index (χ1n) is 5.88. The lowest BCUT2D eigenvalue weighted by molar-refractivity contribution is 0.200. The molecule has 14 heavy (non-hydrogen) atoms. The van der Waals surface area contributed by atoms with Crippen molar-refractivity contribution in [2.45, 2.75) is 32.7 Å². The number of nitrogens with zero attached hydrogens (tertiary/aromatic N) is 1. The Morgan fingerprint density at radius 2 is 2.00 bits per heavy atom. The molecule has 0 unspecified atom stereocenters. The minimum atomic E-state index is 0.742. The molecule has 0 aromatic carbocycles. The third kappa shape index (κ3) is 4.40. The SMILES string of the molecule is CC(C)CNC1CCN(CCN)CC1. The van der Waals surface area contributed by atoms with Gasteiger partial charge in [-0.05, 0) is 38.4 Å². The largest absolute Gasteiger partial charge is 0.329 e. The van der Waals surface area contributed by atoms with Crippen LogP contribution in [0.4, 0.5) is 0 Å². The Labute approximate surface area is 88.0 Å². The molecule has 0 atom stereocenters. The van der Waals surface area contributed by atoms with Crippen molar-refractivity contribution in [2.75, 3.05) is 32.7 Å². The molecule has 1 aliphatic rings. The molecule has 0 radical (unpaired) electrons. The number of hydrogen-bond donors (Lipinski definition) is 2. The van der Waals surface area contributed by atoms with Crippen molar-refractivity contribution in [3.8, 4) is 0 Å². The smallest absolute Gasteiger partial charge is 0.0105 e. The second-order valence-corrected chi connectivity index (χ2v) is 4.71. The molecule has 1 heterocycles. The molecule has 1 aliphatic heterocycles. The maximum Gasteiger partial charge on any atom is 0.0105 e. The van der Waals surface area contributed by atoms with E-state index < -0.39 is 0 Å². The molecular formula is C11H25N3. The van der Waals surface area contributed by atoms with Crippen molar-refractivity contribution >= 4 is 0 Å². The highest BCUT2D eigenvalue weighted by atomic mass is 15.1. The predicted molar refractivity (Wildman–Crippen MR) is 61.4 cm³/mol. The summed E-state index contributed by atoms with van der Waals surface area (Å²) in [6.45, 7) is 9.97. The lowest BCUT2D eigenvalue weighted by Crippen LogP contribution is -2.44. The normalized spacial score (nSPS) is 20.6. The van der Waals surface area contributed by atoms with E-state index in [0.29, 0.717) is 0 Å². The molecular weight excluding hydrogens is 174 g/mol. The molecule has 0 aliphatic carbocycles. The number of hydrogen-bond acceptors (Lipinski definition) is 3. The van der Waals surface area contributed by atoms with E-state index in [2.05, 4.69) is 24.1 Å². The molecule has 3 N–H and O–H groups in total. The second kappa shape index (κ2) is 6.38. The second-order valence-electron chi connectivity index (χ2n) is 4.71. The van der Waals surface area contributed by atoms with Crippen LogP contribution in [-0.2, 0) is 0 Å². The summed E-state index contributed by atoms with van der Waals surface area (Å²) in [4.78, 5) is 2.47. The molecule has 0 saturated carbocycles. The van der Waals surface area contributed by atoms with Gasteiger partial charge >= 0.3 is 0 Å². The van der Waals surface area contributed by atoms with Crippen LogP contribution in [0.2, 0.25) is 0 Å². The van der Waals surface area contributed by atoms with Gasteiger partial charge in [0, 0.05) is 19.1 Å². The van der Waals surface area contributed by atoms with E-state index in [1.165, 1.54) is 25.9 Å². The van der Waals surface area contributed by atoms with Crippen molar-refractivity contribution < 1.29 is 0 Å². The van der Waals surface area contributed by atoms with Gasteiger partial charge in [-0.25, -0.2) is 0 Å². The minimum absolute atomic E-state index is 0.742. The van der Waals surface area contributed by atoms with Gasteiger partial charge in [0.05, 0.1) is 0 Å².